The summed E-state index contributed by atoms with van der Waals surface area (Å²) >= 11 is 0. The molecule has 0 amide bonds. The molecule has 0 aromatic carbocycles. The van der Waals surface area contributed by atoms with Crippen molar-refractivity contribution < 1.29 is 0 Å². The van der Waals surface area contributed by atoms with Crippen LogP contribution in [0.2, 0.25) is 0 Å². The first-order chi connectivity index (χ1) is 9.28. The standard InChI is InChI=1S/C14H25N5/c1-11-17-13(16-9-8-15)10-14(18-11)19-12-6-4-2-3-5-7-12/h10,12H,2-9,15H2,1H3,(H2,16,17,18,19). The first-order valence-electron chi connectivity index (χ1n) is 7.34. The fourth-order valence-corrected chi connectivity index (χ4v) is 2.57. The molecule has 1 aromatic rings. The lowest BCUT2D eigenvalue weighted by Gasteiger charge is -2.17. The number of hydrogen-bond donors (Lipinski definition) is 3. The molecule has 1 aromatic heterocycles. The monoisotopic (exact) mass is 263 g/mol. The van der Waals surface area contributed by atoms with E-state index in [-0.39, 0.29) is 0 Å². The Labute approximate surface area is 115 Å². The summed E-state index contributed by atoms with van der Waals surface area (Å²) < 4.78 is 0. The van der Waals surface area contributed by atoms with E-state index in [2.05, 4.69) is 20.6 Å². The molecule has 0 saturated heterocycles. The summed E-state index contributed by atoms with van der Waals surface area (Å²) in [5.74, 6) is 2.58. The lowest BCUT2D eigenvalue weighted by Crippen LogP contribution is -2.20. The minimum Gasteiger partial charge on any atom is -0.369 e. The van der Waals surface area contributed by atoms with Crippen LogP contribution in [0.15, 0.2) is 6.07 Å². The van der Waals surface area contributed by atoms with Gasteiger partial charge in [-0.15, -0.1) is 0 Å². The molecule has 19 heavy (non-hydrogen) atoms. The van der Waals surface area contributed by atoms with Crippen molar-refractivity contribution in [2.45, 2.75) is 51.5 Å². The Balaban J connectivity index is 1.99. The van der Waals surface area contributed by atoms with Crippen molar-refractivity contribution >= 4 is 11.6 Å². The van der Waals surface area contributed by atoms with Gasteiger partial charge in [0.15, 0.2) is 0 Å². The van der Waals surface area contributed by atoms with Crippen LogP contribution >= 0.6 is 0 Å². The molecule has 1 heterocycles. The van der Waals surface area contributed by atoms with E-state index < -0.39 is 0 Å². The smallest absolute Gasteiger partial charge is 0.132 e. The van der Waals surface area contributed by atoms with Gasteiger partial charge in [-0.25, -0.2) is 9.97 Å². The fraction of sp³-hybridized carbons (Fsp3) is 0.714. The van der Waals surface area contributed by atoms with Gasteiger partial charge in [-0.2, -0.15) is 0 Å². The first kappa shape index (κ1) is 14.1. The van der Waals surface area contributed by atoms with E-state index in [1.807, 2.05) is 13.0 Å². The summed E-state index contributed by atoms with van der Waals surface area (Å²) in [4.78, 5) is 8.84. The van der Waals surface area contributed by atoms with Gasteiger partial charge in [0.1, 0.15) is 17.5 Å². The van der Waals surface area contributed by atoms with Crippen molar-refractivity contribution in [2.24, 2.45) is 5.73 Å². The van der Waals surface area contributed by atoms with Crippen LogP contribution in [0.5, 0.6) is 0 Å². The maximum Gasteiger partial charge on any atom is 0.132 e. The summed E-state index contributed by atoms with van der Waals surface area (Å²) in [5, 5.41) is 6.77. The minimum atomic E-state index is 0.555. The maximum atomic E-state index is 5.50. The van der Waals surface area contributed by atoms with Gasteiger partial charge < -0.3 is 16.4 Å². The Kier molecular flexibility index (Phi) is 5.39. The second-order valence-corrected chi connectivity index (χ2v) is 5.23. The molecule has 0 bridgehead atoms. The molecule has 1 aliphatic carbocycles. The van der Waals surface area contributed by atoms with E-state index >= 15 is 0 Å². The number of aromatic nitrogens is 2. The zero-order valence-corrected chi connectivity index (χ0v) is 11.8. The molecule has 0 unspecified atom stereocenters. The Bertz CT molecular complexity index is 385. The summed E-state index contributed by atoms with van der Waals surface area (Å²) in [5.41, 5.74) is 5.50. The van der Waals surface area contributed by atoms with Crippen molar-refractivity contribution in [3.8, 4) is 0 Å². The molecule has 0 spiro atoms. The number of hydrogen-bond acceptors (Lipinski definition) is 5. The van der Waals surface area contributed by atoms with E-state index in [9.17, 15) is 0 Å². The number of rotatable bonds is 5. The number of anilines is 2. The Morgan fingerprint density at radius 2 is 1.84 bits per heavy atom. The third kappa shape index (κ3) is 4.67. The highest BCUT2D eigenvalue weighted by Gasteiger charge is 2.13. The van der Waals surface area contributed by atoms with Gasteiger partial charge in [-0.05, 0) is 19.8 Å². The average molecular weight is 263 g/mol. The van der Waals surface area contributed by atoms with Crippen LogP contribution in [0, 0.1) is 6.92 Å². The molecular weight excluding hydrogens is 238 g/mol. The van der Waals surface area contributed by atoms with Crippen molar-refractivity contribution in [1.82, 2.24) is 9.97 Å². The van der Waals surface area contributed by atoms with Gasteiger partial charge in [0, 0.05) is 25.2 Å². The van der Waals surface area contributed by atoms with Gasteiger partial charge in [-0.3, -0.25) is 0 Å². The molecule has 1 aliphatic rings. The summed E-state index contributed by atoms with van der Waals surface area (Å²) in [6.45, 7) is 3.26. The average Bonchev–Trinajstić information content (AvgIpc) is 2.64. The van der Waals surface area contributed by atoms with Crippen molar-refractivity contribution in [2.75, 3.05) is 23.7 Å². The second kappa shape index (κ2) is 7.28. The SMILES string of the molecule is Cc1nc(NCCN)cc(NC2CCCCCC2)n1. The summed E-state index contributed by atoms with van der Waals surface area (Å²) in [6, 6.07) is 2.53. The van der Waals surface area contributed by atoms with Gasteiger partial charge in [-0.1, -0.05) is 25.7 Å². The van der Waals surface area contributed by atoms with Crippen LogP contribution in [0.25, 0.3) is 0 Å². The molecule has 2 rings (SSSR count). The maximum absolute atomic E-state index is 5.50. The first-order valence-corrected chi connectivity index (χ1v) is 7.34. The largest absolute Gasteiger partial charge is 0.369 e. The third-order valence-corrected chi connectivity index (χ3v) is 3.50. The Hall–Kier alpha value is -1.36. The number of nitrogens with zero attached hydrogens (tertiary/aromatic N) is 2. The predicted octanol–water partition coefficient (Wildman–Crippen LogP) is 2.29. The molecule has 0 radical (unpaired) electrons. The van der Waals surface area contributed by atoms with Crippen LogP contribution < -0.4 is 16.4 Å². The van der Waals surface area contributed by atoms with E-state index in [4.69, 9.17) is 5.73 Å². The van der Waals surface area contributed by atoms with Crippen molar-refractivity contribution in [1.29, 1.82) is 0 Å². The van der Waals surface area contributed by atoms with Gasteiger partial charge in [0.25, 0.3) is 0 Å². The Morgan fingerprint density at radius 3 is 2.53 bits per heavy atom. The molecule has 1 fully saturated rings. The quantitative estimate of drug-likeness (QED) is 0.711. The lowest BCUT2D eigenvalue weighted by atomic mass is 10.1. The van der Waals surface area contributed by atoms with Gasteiger partial charge in [0.2, 0.25) is 0 Å². The van der Waals surface area contributed by atoms with Gasteiger partial charge >= 0.3 is 0 Å². The fourth-order valence-electron chi connectivity index (χ4n) is 2.57. The number of aryl methyl sites for hydroxylation is 1. The predicted molar refractivity (Wildman–Crippen MR) is 79.4 cm³/mol. The topological polar surface area (TPSA) is 75.9 Å². The highest BCUT2D eigenvalue weighted by molar-refractivity contribution is 5.48. The van der Waals surface area contributed by atoms with Crippen LogP contribution in [0.1, 0.15) is 44.3 Å². The molecule has 4 N–H and O–H groups in total. The van der Waals surface area contributed by atoms with Gasteiger partial charge in [0.05, 0.1) is 0 Å². The van der Waals surface area contributed by atoms with Crippen LogP contribution in [-0.2, 0) is 0 Å². The van der Waals surface area contributed by atoms with Crippen LogP contribution in [-0.4, -0.2) is 29.1 Å². The highest BCUT2D eigenvalue weighted by Crippen LogP contribution is 2.21. The number of nitrogens with one attached hydrogen (secondary N) is 2. The molecule has 0 atom stereocenters. The molecule has 5 heteroatoms. The molecular formula is C14H25N5. The minimum absolute atomic E-state index is 0.555. The zero-order chi connectivity index (χ0) is 13.5. The second-order valence-electron chi connectivity index (χ2n) is 5.23. The van der Waals surface area contributed by atoms with Crippen molar-refractivity contribution in [3.63, 3.8) is 0 Å². The van der Waals surface area contributed by atoms with Crippen LogP contribution in [0.3, 0.4) is 0 Å². The molecule has 1 saturated carbocycles. The lowest BCUT2D eigenvalue weighted by molar-refractivity contribution is 0.617. The molecule has 106 valence electrons. The molecule has 0 aliphatic heterocycles. The number of nitrogens with two attached hydrogens (primary N) is 1. The Morgan fingerprint density at radius 1 is 1.16 bits per heavy atom. The zero-order valence-electron chi connectivity index (χ0n) is 11.8. The summed E-state index contributed by atoms with van der Waals surface area (Å²) in [6.07, 6.45) is 7.86. The highest BCUT2D eigenvalue weighted by atomic mass is 15.1. The van der Waals surface area contributed by atoms with E-state index in [0.29, 0.717) is 12.6 Å². The van der Waals surface area contributed by atoms with E-state index in [1.54, 1.807) is 0 Å². The van der Waals surface area contributed by atoms with Crippen molar-refractivity contribution in [3.05, 3.63) is 11.9 Å². The third-order valence-electron chi connectivity index (χ3n) is 3.50. The molecule has 5 nitrogen and oxygen atoms in total. The van der Waals surface area contributed by atoms with E-state index in [1.165, 1.54) is 38.5 Å². The van der Waals surface area contributed by atoms with E-state index in [0.717, 1.165) is 24.0 Å². The summed E-state index contributed by atoms with van der Waals surface area (Å²) in [7, 11) is 0. The normalized spacial score (nSPS) is 16.9. The van der Waals surface area contributed by atoms with Crippen LogP contribution in [0.4, 0.5) is 11.6 Å².